The van der Waals surface area contributed by atoms with Crippen LogP contribution in [0.25, 0.3) is 0 Å². The van der Waals surface area contributed by atoms with Crippen molar-refractivity contribution in [3.63, 3.8) is 0 Å². The average molecular weight is 1620 g/mol. The van der Waals surface area contributed by atoms with E-state index in [9.17, 15) is 62.3 Å². The predicted octanol–water partition coefficient (Wildman–Crippen LogP) is 7.21. The van der Waals surface area contributed by atoms with Crippen molar-refractivity contribution in [1.82, 2.24) is 44.0 Å². The largest absolute Gasteiger partial charge is 1.00 e. The quantitative estimate of drug-likeness (QED) is 0.0482. The number of aromatic nitrogens is 6. The molecule has 0 spiro atoms. The zero-order valence-electron chi connectivity index (χ0n) is 50.2. The number of benzene rings is 3. The van der Waals surface area contributed by atoms with E-state index in [1.807, 2.05) is 35.2 Å². The van der Waals surface area contributed by atoms with E-state index in [1.165, 1.54) is 26.2 Å². The molecule has 94 heavy (non-hydrogen) atoms. The molecule has 41 heteroatoms. The van der Waals surface area contributed by atoms with E-state index in [-0.39, 0.29) is 71.3 Å². The number of rotatable bonds is 13. The molecule has 6 aromatic rings. The van der Waals surface area contributed by atoms with Crippen molar-refractivity contribution >= 4 is 148 Å². The van der Waals surface area contributed by atoms with Gasteiger partial charge in [0.25, 0.3) is 0 Å². The second kappa shape index (κ2) is 34.3. The molecule has 22 nitrogen and oxygen atoms in total. The summed E-state index contributed by atoms with van der Waals surface area (Å²) < 4.78 is 177. The van der Waals surface area contributed by atoms with E-state index < -0.39 is 89.1 Å². The predicted molar refractivity (Wildman–Crippen MR) is 338 cm³/mol. The van der Waals surface area contributed by atoms with Crippen LogP contribution >= 0.6 is 92.2 Å². The Morgan fingerprint density at radius 2 is 0.840 bits per heavy atom. The molecule has 0 aliphatic carbocycles. The molecule has 0 saturated carbocycles. The molecule has 1 atom stereocenters. The second-order valence-corrected chi connectivity index (χ2v) is 26.1. The first-order valence-corrected chi connectivity index (χ1v) is 33.5. The Labute approximate surface area is 600 Å². The van der Waals surface area contributed by atoms with Crippen LogP contribution in [0.2, 0.25) is 30.1 Å². The third-order valence-electron chi connectivity index (χ3n) is 13.8. The van der Waals surface area contributed by atoms with Crippen molar-refractivity contribution in [2.75, 3.05) is 127 Å². The first-order chi connectivity index (χ1) is 43.4. The second-order valence-electron chi connectivity index (χ2n) is 20.0. The van der Waals surface area contributed by atoms with Crippen molar-refractivity contribution < 1.29 is 115 Å². The minimum absolute atomic E-state index is 0. The van der Waals surface area contributed by atoms with Gasteiger partial charge in [0.05, 0.1) is 41.4 Å². The topological polar surface area (TPSA) is 226 Å². The molecular weight excluding hydrogens is 1560 g/mol. The van der Waals surface area contributed by atoms with Crippen LogP contribution in [0, 0.1) is 3.70 Å². The van der Waals surface area contributed by atoms with Crippen LogP contribution in [0.4, 0.5) is 56.6 Å². The zero-order valence-corrected chi connectivity index (χ0v) is 60.5. The Morgan fingerprint density at radius 1 is 0.532 bits per heavy atom. The monoisotopic (exact) mass is 1610 g/mol. The molecule has 3 aliphatic heterocycles. The van der Waals surface area contributed by atoms with E-state index in [2.05, 4.69) is 25.1 Å². The molecule has 1 unspecified atom stereocenters. The van der Waals surface area contributed by atoms with Gasteiger partial charge in [-0.05, 0) is 65.2 Å². The summed E-state index contributed by atoms with van der Waals surface area (Å²) in [7, 11) is 0.402. The van der Waals surface area contributed by atoms with Gasteiger partial charge in [-0.25, -0.2) is 17.8 Å². The molecule has 6 heterocycles. The minimum atomic E-state index is -4.96. The molecule has 9 rings (SSSR count). The number of hydrogen-bond acceptors (Lipinski definition) is 16. The summed E-state index contributed by atoms with van der Waals surface area (Å²) >= 11 is 34.9. The van der Waals surface area contributed by atoms with Gasteiger partial charge in [0.15, 0.2) is 31.9 Å². The van der Waals surface area contributed by atoms with E-state index in [4.69, 9.17) is 92.6 Å². The molecule has 3 fully saturated rings. The third-order valence-corrected chi connectivity index (χ3v) is 18.4. The average Bonchev–Trinajstić information content (AvgIpc) is 1.60. The van der Waals surface area contributed by atoms with Crippen LogP contribution in [-0.4, -0.2) is 191 Å². The number of amides is 3. The van der Waals surface area contributed by atoms with Gasteiger partial charge in [0.1, 0.15) is 50.6 Å². The standard InChI is InChI=1S/C18H19Cl2F3N4O4S.C17H16Cl2F3IN4O2.C17H17Cl2F3N4O2.CH4O2S.Na/c1-31-13-9-11(3-4-12(13)19)25-5-7-26(8-6-25)14(28)10-27-17(32(2,29)30)15(20)16(24-27)18(21,22)23;1-29-12-8-10(2-3-11(12)18)25-4-6-26(7-5-25)13(28)9-27-16(23)14(19)15(24-27)17(20,21)22;1-28-14-8-11(2-3-12(14)18)24-4-6-25(7-5-24)15(27)10-26-9-13(19)16(23-26)17(20,21)22;1-4(2)3;/h3-4,9H,5-8,10H2,1-2H3;2-3,8H,4-7,9H2,1H3;2-3,8-9H,4-7,10H2,1H3;1H3,(H,2,3);/q;;;;+1/p-1. The van der Waals surface area contributed by atoms with Gasteiger partial charge in [0, 0.05) is 126 Å². The number of methoxy groups -OCH3 is 3. The van der Waals surface area contributed by atoms with Crippen molar-refractivity contribution in [2.24, 2.45) is 0 Å². The summed E-state index contributed by atoms with van der Waals surface area (Å²) in [6.45, 7) is 4.18. The molecule has 512 valence electrons. The molecule has 3 aromatic heterocycles. The molecule has 3 saturated heterocycles. The Balaban J connectivity index is 0.000000247. The Hall–Kier alpha value is -4.60. The summed E-state index contributed by atoms with van der Waals surface area (Å²) in [5, 5.41) is 8.70. The zero-order chi connectivity index (χ0) is 69.2. The summed E-state index contributed by atoms with van der Waals surface area (Å²) in [4.78, 5) is 48.4. The molecule has 3 amide bonds. The maximum atomic E-state index is 13.1. The number of hydrogen-bond donors (Lipinski definition) is 0. The van der Waals surface area contributed by atoms with E-state index in [1.54, 1.807) is 56.7 Å². The van der Waals surface area contributed by atoms with Crippen LogP contribution in [0.15, 0.2) is 65.8 Å². The van der Waals surface area contributed by atoms with E-state index in [0.717, 1.165) is 38.9 Å². The number of anilines is 3. The SMILES string of the molecule is COc1cc(N2CCN(C(=O)Cn3cc(Cl)c(C(F)(F)F)n3)CC2)ccc1Cl.COc1cc(N2CCN(C(=O)Cn3nc(C(F)(F)F)c(Cl)c3I)CC2)ccc1Cl.COc1cc(N2CCN(C(=O)Cn3nc(C(F)(F)F)c(Cl)c3S(C)(=O)=O)CC2)ccc1Cl.CS(=O)[O-].[Na+]. The Kier molecular flexibility index (Phi) is 29.2. The van der Waals surface area contributed by atoms with E-state index >= 15 is 0 Å². The molecule has 3 aromatic carbocycles. The molecule has 0 bridgehead atoms. The number of sulfone groups is 1. The fourth-order valence-corrected chi connectivity index (χ4v) is 12.5. The molecule has 0 radical (unpaired) electrons. The molecule has 0 N–H and O–H groups in total. The number of piperazine rings is 3. The van der Waals surface area contributed by atoms with Crippen molar-refractivity contribution in [2.45, 2.75) is 43.2 Å². The van der Waals surface area contributed by atoms with Crippen LogP contribution in [0.3, 0.4) is 0 Å². The maximum absolute atomic E-state index is 13.1. The normalized spacial score (nSPS) is 15.0. The fourth-order valence-electron chi connectivity index (χ4n) is 9.32. The number of alkyl halides is 9. The van der Waals surface area contributed by atoms with Gasteiger partial charge in [0.2, 0.25) is 17.7 Å². The number of ether oxygens (including phenoxy) is 3. The summed E-state index contributed by atoms with van der Waals surface area (Å²) in [5.74, 6) is 0.426. The summed E-state index contributed by atoms with van der Waals surface area (Å²) in [6, 6.07) is 16.1. The summed E-state index contributed by atoms with van der Waals surface area (Å²) in [5.41, 5.74) is -1.25. The Morgan fingerprint density at radius 3 is 1.14 bits per heavy atom. The van der Waals surface area contributed by atoms with E-state index in [0.29, 0.717) is 109 Å². The smallest absolute Gasteiger partial charge is 0.773 e. The third kappa shape index (κ3) is 21.5. The summed E-state index contributed by atoms with van der Waals surface area (Å²) in [6.07, 6.45) is -11.5. The maximum Gasteiger partial charge on any atom is 1.00 e. The van der Waals surface area contributed by atoms with Gasteiger partial charge < -0.3 is 48.2 Å². The van der Waals surface area contributed by atoms with Crippen molar-refractivity contribution in [3.8, 4) is 17.2 Å². The number of carbonyl (C=O) groups is 3. The van der Waals surface area contributed by atoms with Gasteiger partial charge in [-0.15, -0.1) is 0 Å². The first kappa shape index (κ1) is 80.1. The van der Waals surface area contributed by atoms with Gasteiger partial charge in [-0.3, -0.25) is 23.3 Å². The minimum Gasteiger partial charge on any atom is -0.773 e. The molecular formula is C53H55Cl6F9IN12NaO10S2. The number of nitrogens with zero attached hydrogens (tertiary/aromatic N) is 12. The van der Waals surface area contributed by atoms with Gasteiger partial charge in [-0.2, -0.15) is 54.8 Å². The van der Waals surface area contributed by atoms with Gasteiger partial charge >= 0.3 is 48.1 Å². The van der Waals surface area contributed by atoms with Crippen molar-refractivity contribution in [3.05, 3.63) is 112 Å². The van der Waals surface area contributed by atoms with Crippen LogP contribution < -0.4 is 58.5 Å². The van der Waals surface area contributed by atoms with Crippen LogP contribution in [0.5, 0.6) is 17.2 Å². The Bertz CT molecular complexity index is 3780. The van der Waals surface area contributed by atoms with Crippen molar-refractivity contribution in [1.29, 1.82) is 0 Å². The number of halogens is 16. The van der Waals surface area contributed by atoms with Gasteiger partial charge in [-0.1, -0.05) is 80.7 Å². The number of carbonyl (C=O) groups excluding carboxylic acids is 3. The molecule has 3 aliphatic rings. The first-order valence-electron chi connectivity index (χ1n) is 26.8. The van der Waals surface area contributed by atoms with Crippen LogP contribution in [-0.2, 0) is 73.5 Å². The fraction of sp³-hybridized carbons (Fsp3) is 0.434. The van der Waals surface area contributed by atoms with Crippen LogP contribution in [0.1, 0.15) is 17.1 Å².